The molecule has 1 atom stereocenters. The molecular weight excluding hydrogens is 331 g/mol. The molecular formula is C19H18F3NS. The minimum absolute atomic E-state index is 0.153. The van der Waals surface area contributed by atoms with Crippen LogP contribution in [0.2, 0.25) is 0 Å². The highest BCUT2D eigenvalue weighted by atomic mass is 32.2. The number of hydrogen-bond donors (Lipinski definition) is 0. The first-order valence-electron chi connectivity index (χ1n) is 7.65. The van der Waals surface area contributed by atoms with E-state index < -0.39 is 11.7 Å². The lowest BCUT2D eigenvalue weighted by atomic mass is 9.89. The Labute approximate surface area is 144 Å². The van der Waals surface area contributed by atoms with Crippen LogP contribution in [0.3, 0.4) is 0 Å². The summed E-state index contributed by atoms with van der Waals surface area (Å²) in [6.07, 6.45) is -0.298. The van der Waals surface area contributed by atoms with Crippen molar-refractivity contribution in [3.63, 3.8) is 0 Å². The molecule has 1 heterocycles. The number of alkyl halides is 3. The van der Waals surface area contributed by atoms with Crippen molar-refractivity contribution in [1.29, 1.82) is 0 Å². The maximum Gasteiger partial charge on any atom is 0.416 e. The Morgan fingerprint density at radius 2 is 1.75 bits per heavy atom. The maximum absolute atomic E-state index is 13.1. The molecule has 5 heteroatoms. The molecule has 1 aliphatic heterocycles. The predicted molar refractivity (Wildman–Crippen MR) is 91.5 cm³/mol. The smallest absolute Gasteiger partial charge is 0.306 e. The highest BCUT2D eigenvalue weighted by Gasteiger charge is 2.33. The minimum Gasteiger partial charge on any atom is -0.306 e. The third-order valence-corrected chi connectivity index (χ3v) is 5.13. The zero-order chi connectivity index (χ0) is 17.3. The zero-order valence-corrected chi connectivity index (χ0v) is 14.3. The van der Waals surface area contributed by atoms with Gasteiger partial charge in [-0.2, -0.15) is 13.2 Å². The van der Waals surface area contributed by atoms with Gasteiger partial charge in [0.1, 0.15) is 0 Å². The van der Waals surface area contributed by atoms with Crippen molar-refractivity contribution in [3.8, 4) is 0 Å². The number of likely N-dealkylation sites (N-methyl/N-ethyl adjacent to an activating group) is 1. The number of halogens is 3. The minimum atomic E-state index is -4.32. The SMILES string of the molecule is CN(C)C/C=C/C1c2ccccc2Sc2ccc(C(F)(F)F)cc21. The van der Waals surface area contributed by atoms with Gasteiger partial charge in [-0.25, -0.2) is 0 Å². The van der Waals surface area contributed by atoms with E-state index in [9.17, 15) is 13.2 Å². The van der Waals surface area contributed by atoms with Crippen molar-refractivity contribution in [1.82, 2.24) is 4.90 Å². The van der Waals surface area contributed by atoms with Crippen LogP contribution in [-0.4, -0.2) is 25.5 Å². The summed E-state index contributed by atoms with van der Waals surface area (Å²) in [5.41, 5.74) is 1.19. The Kier molecular flexibility index (Phi) is 4.74. The molecule has 3 rings (SSSR count). The van der Waals surface area contributed by atoms with E-state index in [4.69, 9.17) is 0 Å². The van der Waals surface area contributed by atoms with E-state index in [-0.39, 0.29) is 5.92 Å². The summed E-state index contributed by atoms with van der Waals surface area (Å²) in [5, 5.41) is 0. The molecule has 0 saturated carbocycles. The van der Waals surface area contributed by atoms with Crippen LogP contribution >= 0.6 is 11.8 Å². The lowest BCUT2D eigenvalue weighted by molar-refractivity contribution is -0.137. The Morgan fingerprint density at radius 3 is 2.46 bits per heavy atom. The van der Waals surface area contributed by atoms with Gasteiger partial charge >= 0.3 is 6.18 Å². The van der Waals surface area contributed by atoms with Crippen LogP contribution in [0.5, 0.6) is 0 Å². The van der Waals surface area contributed by atoms with E-state index in [0.717, 1.165) is 27.5 Å². The van der Waals surface area contributed by atoms with Crippen molar-refractivity contribution in [2.45, 2.75) is 21.9 Å². The van der Waals surface area contributed by atoms with Gasteiger partial charge < -0.3 is 4.90 Å². The third kappa shape index (κ3) is 3.52. The van der Waals surface area contributed by atoms with Crippen LogP contribution in [0.1, 0.15) is 22.6 Å². The van der Waals surface area contributed by atoms with Gasteiger partial charge in [0.15, 0.2) is 0 Å². The van der Waals surface area contributed by atoms with Crippen molar-refractivity contribution >= 4 is 11.8 Å². The zero-order valence-electron chi connectivity index (χ0n) is 13.5. The first kappa shape index (κ1) is 17.1. The second kappa shape index (κ2) is 6.65. The molecule has 2 aromatic carbocycles. The summed E-state index contributed by atoms with van der Waals surface area (Å²) in [5.74, 6) is -0.153. The Balaban J connectivity index is 2.07. The third-order valence-electron chi connectivity index (χ3n) is 3.95. The van der Waals surface area contributed by atoms with E-state index >= 15 is 0 Å². The summed E-state index contributed by atoms with van der Waals surface area (Å²) in [6, 6.07) is 12.0. The monoisotopic (exact) mass is 349 g/mol. The van der Waals surface area contributed by atoms with E-state index in [1.807, 2.05) is 55.4 Å². The van der Waals surface area contributed by atoms with Gasteiger partial charge in [-0.15, -0.1) is 0 Å². The van der Waals surface area contributed by atoms with Gasteiger partial charge in [-0.05, 0) is 49.5 Å². The number of fused-ring (bicyclic) bond motifs is 2. The van der Waals surface area contributed by atoms with Crippen LogP contribution in [-0.2, 0) is 6.18 Å². The van der Waals surface area contributed by atoms with Crippen molar-refractivity contribution in [2.75, 3.05) is 20.6 Å². The molecule has 2 aromatic rings. The number of rotatable bonds is 3. The Bertz CT molecular complexity index is 765. The molecule has 0 bridgehead atoms. The van der Waals surface area contributed by atoms with Gasteiger partial charge in [0, 0.05) is 22.3 Å². The van der Waals surface area contributed by atoms with E-state index in [1.54, 1.807) is 6.07 Å². The Morgan fingerprint density at radius 1 is 1.04 bits per heavy atom. The first-order chi connectivity index (χ1) is 11.4. The molecule has 0 spiro atoms. The maximum atomic E-state index is 13.1. The summed E-state index contributed by atoms with van der Waals surface area (Å²) < 4.78 is 39.3. The van der Waals surface area contributed by atoms with Crippen LogP contribution in [0.4, 0.5) is 13.2 Å². The van der Waals surface area contributed by atoms with Gasteiger partial charge in [0.25, 0.3) is 0 Å². The first-order valence-corrected chi connectivity index (χ1v) is 8.47. The molecule has 24 heavy (non-hydrogen) atoms. The molecule has 1 nitrogen and oxygen atoms in total. The van der Waals surface area contributed by atoms with Crippen LogP contribution in [0, 0.1) is 0 Å². The van der Waals surface area contributed by atoms with Gasteiger partial charge in [-0.3, -0.25) is 0 Å². The standard InChI is InChI=1S/C19H18F3NS/c1-23(2)11-5-7-14-15-6-3-4-8-17(15)24-18-10-9-13(12-16(14)18)19(20,21)22/h3-10,12,14H,11H2,1-2H3/b7-5+. The average molecular weight is 349 g/mol. The van der Waals surface area contributed by atoms with Crippen molar-refractivity contribution < 1.29 is 13.2 Å². The molecule has 126 valence electrons. The number of allylic oxidation sites excluding steroid dienone is 1. The highest BCUT2D eigenvalue weighted by molar-refractivity contribution is 7.99. The average Bonchev–Trinajstić information content (AvgIpc) is 2.52. The molecule has 0 aliphatic carbocycles. The molecule has 1 aliphatic rings. The highest BCUT2D eigenvalue weighted by Crippen LogP contribution is 2.47. The summed E-state index contributed by atoms with van der Waals surface area (Å²) in [7, 11) is 3.93. The molecule has 0 amide bonds. The number of benzene rings is 2. The van der Waals surface area contributed by atoms with Crippen molar-refractivity contribution in [3.05, 3.63) is 71.3 Å². The molecule has 0 aromatic heterocycles. The molecule has 0 N–H and O–H groups in total. The quantitative estimate of drug-likeness (QED) is 0.681. The molecule has 0 fully saturated rings. The van der Waals surface area contributed by atoms with Gasteiger partial charge in [0.2, 0.25) is 0 Å². The summed E-state index contributed by atoms with van der Waals surface area (Å²) in [4.78, 5) is 4.01. The molecule has 0 radical (unpaired) electrons. The van der Waals surface area contributed by atoms with E-state index in [0.29, 0.717) is 0 Å². The lowest BCUT2D eigenvalue weighted by Gasteiger charge is -2.27. The fourth-order valence-corrected chi connectivity index (χ4v) is 3.93. The van der Waals surface area contributed by atoms with Crippen LogP contribution in [0.25, 0.3) is 0 Å². The van der Waals surface area contributed by atoms with Crippen molar-refractivity contribution in [2.24, 2.45) is 0 Å². The van der Waals surface area contributed by atoms with Gasteiger partial charge in [0.05, 0.1) is 5.56 Å². The van der Waals surface area contributed by atoms with Gasteiger partial charge in [-0.1, -0.05) is 42.1 Å². The second-order valence-corrected chi connectivity index (χ2v) is 7.14. The lowest BCUT2D eigenvalue weighted by Crippen LogP contribution is -2.13. The fourth-order valence-electron chi connectivity index (χ4n) is 2.79. The fraction of sp³-hybridized carbons (Fsp3) is 0.263. The summed E-state index contributed by atoms with van der Waals surface area (Å²) >= 11 is 1.53. The predicted octanol–water partition coefficient (Wildman–Crippen LogP) is 5.42. The Hall–Kier alpha value is -1.72. The largest absolute Gasteiger partial charge is 0.416 e. The van der Waals surface area contributed by atoms with E-state index in [2.05, 4.69) is 0 Å². The van der Waals surface area contributed by atoms with E-state index in [1.165, 1.54) is 23.9 Å². The van der Waals surface area contributed by atoms with Crippen LogP contribution in [0.15, 0.2) is 64.4 Å². The second-order valence-electron chi connectivity index (χ2n) is 6.06. The number of nitrogens with zero attached hydrogens (tertiary/aromatic N) is 1. The van der Waals surface area contributed by atoms with Crippen LogP contribution < -0.4 is 0 Å². The molecule has 1 unspecified atom stereocenters. The normalized spacial score (nSPS) is 17.2. The topological polar surface area (TPSA) is 3.24 Å². The molecule has 0 saturated heterocycles. The summed E-state index contributed by atoms with van der Waals surface area (Å²) in [6.45, 7) is 0.750. The number of hydrogen-bond acceptors (Lipinski definition) is 2.